The van der Waals surface area contributed by atoms with Crippen molar-refractivity contribution >= 4 is 52.0 Å². The van der Waals surface area contributed by atoms with Crippen LogP contribution in [0, 0.1) is 0 Å². The lowest BCUT2D eigenvalue weighted by atomic mass is 10.2. The third kappa shape index (κ3) is 4.42. The fourth-order valence-electron chi connectivity index (χ4n) is 2.13. The van der Waals surface area contributed by atoms with Crippen molar-refractivity contribution < 1.29 is 14.0 Å². The predicted octanol–water partition coefficient (Wildman–Crippen LogP) is 4.83. The molecule has 3 aromatic rings. The predicted molar refractivity (Wildman–Crippen MR) is 98.6 cm³/mol. The molecule has 25 heavy (non-hydrogen) atoms. The highest BCUT2D eigenvalue weighted by Crippen LogP contribution is 2.31. The molecule has 8 heteroatoms. The van der Waals surface area contributed by atoms with Crippen molar-refractivity contribution in [3.8, 4) is 0 Å². The number of anilines is 1. The average Bonchev–Trinajstić information content (AvgIpc) is 3.22. The van der Waals surface area contributed by atoms with Crippen molar-refractivity contribution in [2.45, 2.75) is 6.54 Å². The second-order valence-electron chi connectivity index (χ2n) is 5.05. The van der Waals surface area contributed by atoms with Crippen LogP contribution in [-0.4, -0.2) is 11.8 Å². The molecule has 2 heterocycles. The number of benzene rings is 1. The number of carbonyl (C=O) groups excluding carboxylic acids is 2. The Morgan fingerprint density at radius 2 is 1.92 bits per heavy atom. The summed E-state index contributed by atoms with van der Waals surface area (Å²) in [7, 11) is 0. The van der Waals surface area contributed by atoms with Gasteiger partial charge in [-0.05, 0) is 35.9 Å². The van der Waals surface area contributed by atoms with Gasteiger partial charge in [-0.1, -0.05) is 35.3 Å². The molecule has 0 bridgehead atoms. The van der Waals surface area contributed by atoms with E-state index in [9.17, 15) is 9.59 Å². The van der Waals surface area contributed by atoms with Gasteiger partial charge in [-0.3, -0.25) is 9.59 Å². The van der Waals surface area contributed by atoms with Crippen LogP contribution in [0.2, 0.25) is 8.67 Å². The van der Waals surface area contributed by atoms with Gasteiger partial charge in [0.1, 0.15) is 4.34 Å². The van der Waals surface area contributed by atoms with Crippen molar-refractivity contribution in [1.29, 1.82) is 0 Å². The molecule has 0 radical (unpaired) electrons. The van der Waals surface area contributed by atoms with Crippen molar-refractivity contribution in [2.75, 3.05) is 5.32 Å². The molecule has 0 saturated heterocycles. The zero-order valence-electron chi connectivity index (χ0n) is 12.7. The highest BCUT2D eigenvalue weighted by atomic mass is 35.5. The van der Waals surface area contributed by atoms with E-state index in [0.717, 1.165) is 16.9 Å². The maximum absolute atomic E-state index is 12.1. The van der Waals surface area contributed by atoms with Gasteiger partial charge in [0.25, 0.3) is 11.8 Å². The minimum Gasteiger partial charge on any atom is -0.459 e. The Morgan fingerprint density at radius 3 is 2.60 bits per heavy atom. The van der Waals surface area contributed by atoms with E-state index in [-0.39, 0.29) is 24.1 Å². The van der Waals surface area contributed by atoms with Gasteiger partial charge >= 0.3 is 0 Å². The molecule has 5 nitrogen and oxygen atoms in total. The van der Waals surface area contributed by atoms with E-state index in [2.05, 4.69) is 10.6 Å². The lowest BCUT2D eigenvalue weighted by Gasteiger charge is -2.08. The molecular weight excluding hydrogens is 383 g/mol. The van der Waals surface area contributed by atoms with E-state index in [1.165, 1.54) is 12.3 Å². The first-order valence-corrected chi connectivity index (χ1v) is 8.77. The van der Waals surface area contributed by atoms with Gasteiger partial charge in [0.15, 0.2) is 5.76 Å². The summed E-state index contributed by atoms with van der Waals surface area (Å²) < 4.78 is 5.85. The summed E-state index contributed by atoms with van der Waals surface area (Å²) in [5.41, 5.74) is 1.77. The van der Waals surface area contributed by atoms with Gasteiger partial charge < -0.3 is 15.1 Å². The monoisotopic (exact) mass is 394 g/mol. The number of rotatable bonds is 5. The third-order valence-electron chi connectivity index (χ3n) is 3.28. The Kier molecular flexibility index (Phi) is 5.43. The quantitative estimate of drug-likeness (QED) is 0.650. The van der Waals surface area contributed by atoms with Gasteiger partial charge in [-0.2, -0.15) is 0 Å². The summed E-state index contributed by atoms with van der Waals surface area (Å²) in [6.07, 6.45) is 1.43. The normalized spacial score (nSPS) is 10.5. The van der Waals surface area contributed by atoms with Crippen LogP contribution in [0.1, 0.15) is 26.5 Å². The minimum atomic E-state index is -0.342. The number of carbonyl (C=O) groups is 2. The second kappa shape index (κ2) is 7.74. The SMILES string of the molecule is O=C(Nc1cccc(CNC(=O)c2cc(Cl)sc2Cl)c1)c1ccco1. The summed E-state index contributed by atoms with van der Waals surface area (Å²) in [4.78, 5) is 24.1. The van der Waals surface area contributed by atoms with E-state index >= 15 is 0 Å². The fraction of sp³-hybridized carbons (Fsp3) is 0.0588. The summed E-state index contributed by atoms with van der Waals surface area (Å²) in [6.45, 7) is 0.285. The Morgan fingerprint density at radius 1 is 1.08 bits per heavy atom. The van der Waals surface area contributed by atoms with Gasteiger partial charge in [-0.25, -0.2) is 0 Å². The van der Waals surface area contributed by atoms with Crippen molar-refractivity contribution in [1.82, 2.24) is 5.32 Å². The van der Waals surface area contributed by atoms with Crippen LogP contribution in [0.4, 0.5) is 5.69 Å². The lowest BCUT2D eigenvalue weighted by molar-refractivity contribution is 0.0950. The standard InChI is InChI=1S/C17H12Cl2N2O3S/c18-14-8-12(15(19)25-14)16(22)20-9-10-3-1-4-11(7-10)21-17(23)13-5-2-6-24-13/h1-8H,9H2,(H,20,22)(H,21,23). The number of furan rings is 1. The van der Waals surface area contributed by atoms with Crippen molar-refractivity contribution in [2.24, 2.45) is 0 Å². The van der Waals surface area contributed by atoms with Gasteiger partial charge in [0, 0.05) is 12.2 Å². The van der Waals surface area contributed by atoms with Crippen LogP contribution in [0.15, 0.2) is 53.1 Å². The molecule has 0 aliphatic rings. The molecule has 2 N–H and O–H groups in total. The summed E-state index contributed by atoms with van der Waals surface area (Å²) in [5.74, 6) is -0.424. The maximum atomic E-state index is 12.1. The van der Waals surface area contributed by atoms with Crippen LogP contribution in [-0.2, 0) is 6.54 Å². The first-order chi connectivity index (χ1) is 12.0. The molecule has 0 unspecified atom stereocenters. The molecule has 0 aliphatic heterocycles. The van der Waals surface area contributed by atoms with E-state index in [0.29, 0.717) is 19.9 Å². The second-order valence-corrected chi connectivity index (χ2v) is 7.34. The summed E-state index contributed by atoms with van der Waals surface area (Å²) in [6, 6.07) is 11.9. The molecular formula is C17H12Cl2N2O3S. The topological polar surface area (TPSA) is 71.3 Å². The molecule has 2 aromatic heterocycles. The zero-order chi connectivity index (χ0) is 17.8. The van der Waals surface area contributed by atoms with Gasteiger partial charge in [0.05, 0.1) is 16.2 Å². The highest BCUT2D eigenvalue weighted by molar-refractivity contribution is 7.20. The number of halogens is 2. The largest absolute Gasteiger partial charge is 0.459 e. The van der Waals surface area contributed by atoms with E-state index in [1.807, 2.05) is 6.07 Å². The molecule has 3 rings (SSSR count). The van der Waals surface area contributed by atoms with Crippen LogP contribution in [0.5, 0.6) is 0 Å². The smallest absolute Gasteiger partial charge is 0.291 e. The number of hydrogen-bond acceptors (Lipinski definition) is 4. The fourth-order valence-corrected chi connectivity index (χ4v) is 3.59. The molecule has 128 valence electrons. The molecule has 0 aliphatic carbocycles. The Balaban J connectivity index is 1.63. The van der Waals surface area contributed by atoms with Crippen LogP contribution in [0.3, 0.4) is 0 Å². The molecule has 1 aromatic carbocycles. The van der Waals surface area contributed by atoms with Crippen molar-refractivity contribution in [3.63, 3.8) is 0 Å². The van der Waals surface area contributed by atoms with Gasteiger partial charge in [-0.15, -0.1) is 11.3 Å². The van der Waals surface area contributed by atoms with E-state index in [1.54, 1.807) is 30.3 Å². The summed E-state index contributed by atoms with van der Waals surface area (Å²) >= 11 is 13.0. The highest BCUT2D eigenvalue weighted by Gasteiger charge is 2.14. The average molecular weight is 395 g/mol. The molecule has 0 saturated carbocycles. The van der Waals surface area contributed by atoms with Gasteiger partial charge in [0.2, 0.25) is 0 Å². The van der Waals surface area contributed by atoms with E-state index in [4.69, 9.17) is 27.6 Å². The Bertz CT molecular complexity index is 907. The van der Waals surface area contributed by atoms with Crippen molar-refractivity contribution in [3.05, 3.63) is 74.3 Å². The first kappa shape index (κ1) is 17.5. The third-order valence-corrected chi connectivity index (χ3v) is 4.77. The number of thiophene rings is 1. The Labute approximate surface area is 157 Å². The first-order valence-electron chi connectivity index (χ1n) is 7.20. The maximum Gasteiger partial charge on any atom is 0.291 e. The van der Waals surface area contributed by atoms with Crippen LogP contribution < -0.4 is 10.6 Å². The van der Waals surface area contributed by atoms with Crippen LogP contribution in [0.25, 0.3) is 0 Å². The van der Waals surface area contributed by atoms with E-state index < -0.39 is 0 Å². The molecule has 2 amide bonds. The minimum absolute atomic E-state index is 0.225. The molecule has 0 fully saturated rings. The molecule has 0 spiro atoms. The lowest BCUT2D eigenvalue weighted by Crippen LogP contribution is -2.22. The molecule has 0 atom stereocenters. The number of hydrogen-bond donors (Lipinski definition) is 2. The Hall–Kier alpha value is -2.28. The zero-order valence-corrected chi connectivity index (χ0v) is 15.0. The summed E-state index contributed by atoms with van der Waals surface area (Å²) in [5, 5.41) is 5.51. The number of nitrogens with one attached hydrogen (secondary N) is 2. The van der Waals surface area contributed by atoms with Crippen LogP contribution >= 0.6 is 34.5 Å². The number of amides is 2.